The SMILES string of the molecule is CC.OB(O)c1ccc(OCc2cccc(F)c2)cc1. The second-order valence-corrected chi connectivity index (χ2v) is 3.86. The van der Waals surface area contributed by atoms with E-state index in [9.17, 15) is 4.39 Å². The Morgan fingerprint density at radius 3 is 2.25 bits per heavy atom. The van der Waals surface area contributed by atoms with Crippen molar-refractivity contribution in [3.63, 3.8) is 0 Å². The minimum absolute atomic E-state index is 0.263. The first-order chi connectivity index (χ1) is 9.65. The van der Waals surface area contributed by atoms with Gasteiger partial charge >= 0.3 is 7.12 Å². The third-order valence-corrected chi connectivity index (χ3v) is 2.47. The van der Waals surface area contributed by atoms with Gasteiger partial charge in [-0.05, 0) is 35.3 Å². The molecule has 0 heterocycles. The van der Waals surface area contributed by atoms with Crippen molar-refractivity contribution in [2.45, 2.75) is 20.5 Å². The summed E-state index contributed by atoms with van der Waals surface area (Å²) >= 11 is 0. The summed E-state index contributed by atoms with van der Waals surface area (Å²) in [5.74, 6) is 0.290. The molecule has 5 heteroatoms. The maximum atomic E-state index is 12.9. The molecule has 0 unspecified atom stereocenters. The van der Waals surface area contributed by atoms with Crippen LogP contribution in [0.3, 0.4) is 0 Å². The van der Waals surface area contributed by atoms with E-state index < -0.39 is 7.12 Å². The van der Waals surface area contributed by atoms with Crippen molar-refractivity contribution in [1.82, 2.24) is 0 Å². The van der Waals surface area contributed by atoms with Gasteiger partial charge in [0.05, 0.1) is 0 Å². The molecule has 0 spiro atoms. The monoisotopic (exact) mass is 276 g/mol. The number of hydrogen-bond acceptors (Lipinski definition) is 3. The Labute approximate surface area is 118 Å². The fourth-order valence-electron chi connectivity index (χ4n) is 1.53. The van der Waals surface area contributed by atoms with Crippen molar-refractivity contribution in [3.05, 3.63) is 59.9 Å². The summed E-state index contributed by atoms with van der Waals surface area (Å²) in [6.07, 6.45) is 0. The van der Waals surface area contributed by atoms with Crippen molar-refractivity contribution in [2.75, 3.05) is 0 Å². The van der Waals surface area contributed by atoms with Crippen LogP contribution in [-0.4, -0.2) is 17.2 Å². The first-order valence-electron chi connectivity index (χ1n) is 6.48. The van der Waals surface area contributed by atoms with Crippen LogP contribution < -0.4 is 10.2 Å². The molecule has 106 valence electrons. The highest BCUT2D eigenvalue weighted by atomic mass is 19.1. The van der Waals surface area contributed by atoms with Gasteiger partial charge in [0.25, 0.3) is 0 Å². The quantitative estimate of drug-likeness (QED) is 0.841. The van der Waals surface area contributed by atoms with Crippen molar-refractivity contribution in [1.29, 1.82) is 0 Å². The molecule has 0 amide bonds. The van der Waals surface area contributed by atoms with E-state index in [1.165, 1.54) is 12.1 Å². The minimum Gasteiger partial charge on any atom is -0.489 e. The normalized spacial score (nSPS) is 9.45. The Bertz CT molecular complexity index is 515. The van der Waals surface area contributed by atoms with Gasteiger partial charge in [-0.3, -0.25) is 0 Å². The second-order valence-electron chi connectivity index (χ2n) is 3.86. The molecule has 0 saturated carbocycles. The fraction of sp³-hybridized carbons (Fsp3) is 0.200. The smallest absolute Gasteiger partial charge is 0.488 e. The summed E-state index contributed by atoms with van der Waals surface area (Å²) in [5, 5.41) is 17.9. The second kappa shape index (κ2) is 8.35. The van der Waals surface area contributed by atoms with Crippen LogP contribution in [0, 0.1) is 5.82 Å². The van der Waals surface area contributed by atoms with Crippen molar-refractivity contribution in [3.8, 4) is 5.75 Å². The maximum absolute atomic E-state index is 12.9. The molecule has 3 nitrogen and oxygen atoms in total. The van der Waals surface area contributed by atoms with Crippen LogP contribution >= 0.6 is 0 Å². The topological polar surface area (TPSA) is 49.7 Å². The zero-order chi connectivity index (χ0) is 15.0. The van der Waals surface area contributed by atoms with Gasteiger partial charge in [0.1, 0.15) is 18.2 Å². The van der Waals surface area contributed by atoms with Crippen LogP contribution in [0.5, 0.6) is 5.75 Å². The van der Waals surface area contributed by atoms with Crippen LogP contribution in [-0.2, 0) is 6.61 Å². The third-order valence-electron chi connectivity index (χ3n) is 2.47. The van der Waals surface area contributed by atoms with E-state index in [1.54, 1.807) is 36.4 Å². The molecule has 2 rings (SSSR count). The van der Waals surface area contributed by atoms with Gasteiger partial charge in [0.2, 0.25) is 0 Å². The zero-order valence-corrected chi connectivity index (χ0v) is 11.6. The molecule has 0 aromatic heterocycles. The number of ether oxygens (including phenoxy) is 1. The van der Waals surface area contributed by atoms with E-state index in [1.807, 2.05) is 13.8 Å². The van der Waals surface area contributed by atoms with Gasteiger partial charge in [-0.2, -0.15) is 0 Å². The highest BCUT2D eigenvalue weighted by molar-refractivity contribution is 6.58. The summed E-state index contributed by atoms with van der Waals surface area (Å²) < 4.78 is 18.4. The summed E-state index contributed by atoms with van der Waals surface area (Å²) in [6.45, 7) is 4.26. The maximum Gasteiger partial charge on any atom is 0.488 e. The molecule has 0 saturated heterocycles. The molecule has 0 radical (unpaired) electrons. The van der Waals surface area contributed by atoms with Crippen LogP contribution in [0.15, 0.2) is 48.5 Å². The molecule has 0 aliphatic heterocycles. The summed E-state index contributed by atoms with van der Waals surface area (Å²) in [7, 11) is -1.48. The first kappa shape index (κ1) is 16.2. The fourth-order valence-corrected chi connectivity index (χ4v) is 1.53. The van der Waals surface area contributed by atoms with Crippen molar-refractivity contribution in [2.24, 2.45) is 0 Å². The highest BCUT2D eigenvalue weighted by Crippen LogP contribution is 2.11. The number of hydrogen-bond donors (Lipinski definition) is 2. The van der Waals surface area contributed by atoms with Crippen LogP contribution in [0.25, 0.3) is 0 Å². The summed E-state index contributed by atoms with van der Waals surface area (Å²) in [5.41, 5.74) is 1.13. The molecular formula is C15H18BFO3. The molecule has 0 fully saturated rings. The van der Waals surface area contributed by atoms with Gasteiger partial charge < -0.3 is 14.8 Å². The minimum atomic E-state index is -1.48. The lowest BCUT2D eigenvalue weighted by Gasteiger charge is -2.07. The molecule has 0 bridgehead atoms. The Balaban J connectivity index is 0.000000956. The highest BCUT2D eigenvalue weighted by Gasteiger charge is 2.09. The van der Waals surface area contributed by atoms with Crippen LogP contribution in [0.2, 0.25) is 0 Å². The van der Waals surface area contributed by atoms with Gasteiger partial charge in [-0.25, -0.2) is 4.39 Å². The Kier molecular flexibility index (Phi) is 6.77. The van der Waals surface area contributed by atoms with Crippen molar-refractivity contribution < 1.29 is 19.2 Å². The molecule has 0 atom stereocenters. The van der Waals surface area contributed by atoms with Gasteiger partial charge in [0, 0.05) is 0 Å². The molecule has 0 aliphatic rings. The lowest BCUT2D eigenvalue weighted by Crippen LogP contribution is -2.29. The predicted octanol–water partition coefficient (Wildman–Crippen LogP) is 2.11. The van der Waals surface area contributed by atoms with Gasteiger partial charge in [-0.15, -0.1) is 0 Å². The molecule has 2 aromatic carbocycles. The van der Waals surface area contributed by atoms with Gasteiger partial charge in [-0.1, -0.05) is 38.1 Å². The first-order valence-corrected chi connectivity index (χ1v) is 6.48. The lowest BCUT2D eigenvalue weighted by molar-refractivity contribution is 0.305. The average molecular weight is 276 g/mol. The molecule has 20 heavy (non-hydrogen) atoms. The zero-order valence-electron chi connectivity index (χ0n) is 11.6. The number of halogens is 1. The average Bonchev–Trinajstić information content (AvgIpc) is 2.48. The standard InChI is InChI=1S/C13H12BFO3.C2H6/c15-12-3-1-2-10(8-12)9-18-13-6-4-11(5-7-13)14(16)17;1-2/h1-8,16-17H,9H2;1-2H3. The largest absolute Gasteiger partial charge is 0.489 e. The van der Waals surface area contributed by atoms with Crippen LogP contribution in [0.1, 0.15) is 19.4 Å². The number of benzene rings is 2. The summed E-state index contributed by atoms with van der Waals surface area (Å²) in [6, 6.07) is 12.6. The van der Waals surface area contributed by atoms with E-state index in [-0.39, 0.29) is 12.4 Å². The molecular weight excluding hydrogens is 258 g/mol. The van der Waals surface area contributed by atoms with Crippen molar-refractivity contribution >= 4 is 12.6 Å². The van der Waals surface area contributed by atoms with E-state index in [4.69, 9.17) is 14.8 Å². The van der Waals surface area contributed by atoms with E-state index in [2.05, 4.69) is 0 Å². The Morgan fingerprint density at radius 1 is 1.05 bits per heavy atom. The Morgan fingerprint density at radius 2 is 1.70 bits per heavy atom. The molecule has 2 aromatic rings. The van der Waals surface area contributed by atoms with Crippen LogP contribution in [0.4, 0.5) is 4.39 Å². The molecule has 2 N–H and O–H groups in total. The summed E-state index contributed by atoms with van der Waals surface area (Å²) in [4.78, 5) is 0. The molecule has 0 aliphatic carbocycles. The lowest BCUT2D eigenvalue weighted by atomic mass is 9.80. The van der Waals surface area contributed by atoms with Gasteiger partial charge in [0.15, 0.2) is 0 Å². The predicted molar refractivity (Wildman–Crippen MR) is 78.3 cm³/mol. The van der Waals surface area contributed by atoms with E-state index >= 15 is 0 Å². The van der Waals surface area contributed by atoms with E-state index in [0.29, 0.717) is 11.2 Å². The Hall–Kier alpha value is -1.85. The van der Waals surface area contributed by atoms with E-state index in [0.717, 1.165) is 5.56 Å². The third kappa shape index (κ3) is 5.03. The number of rotatable bonds is 4.